The van der Waals surface area contributed by atoms with Crippen molar-refractivity contribution in [3.63, 3.8) is 0 Å². The smallest absolute Gasteiger partial charge is 0.263 e. The van der Waals surface area contributed by atoms with Gasteiger partial charge in [-0.2, -0.15) is 0 Å². The summed E-state index contributed by atoms with van der Waals surface area (Å²) >= 11 is 0. The fraction of sp³-hybridized carbons (Fsp3) is 0.154. The highest BCUT2D eigenvalue weighted by Gasteiger charge is 2.09. The van der Waals surface area contributed by atoms with Crippen LogP contribution in [0.4, 0.5) is 0 Å². The second kappa shape index (κ2) is 4.10. The summed E-state index contributed by atoms with van der Waals surface area (Å²) in [5.74, 6) is 1.35. The molecule has 0 bridgehead atoms. The Bertz CT molecular complexity index is 745. The third kappa shape index (κ3) is 1.69. The molecule has 0 unspecified atom stereocenters. The molecule has 0 aromatic carbocycles. The fourth-order valence-electron chi connectivity index (χ4n) is 1.90. The van der Waals surface area contributed by atoms with E-state index in [9.17, 15) is 4.79 Å². The summed E-state index contributed by atoms with van der Waals surface area (Å²) in [4.78, 5) is 20.7. The highest BCUT2D eigenvalue weighted by Crippen LogP contribution is 2.07. The van der Waals surface area contributed by atoms with Gasteiger partial charge in [0.15, 0.2) is 5.65 Å². The van der Waals surface area contributed by atoms with Crippen molar-refractivity contribution in [3.8, 4) is 0 Å². The molecular formula is C13H11N3O2. The van der Waals surface area contributed by atoms with E-state index in [0.717, 1.165) is 5.76 Å². The van der Waals surface area contributed by atoms with Crippen molar-refractivity contribution in [1.29, 1.82) is 0 Å². The number of pyridine rings is 1. The van der Waals surface area contributed by atoms with E-state index in [0.29, 0.717) is 23.4 Å². The number of furan rings is 1. The van der Waals surface area contributed by atoms with Gasteiger partial charge in [-0.1, -0.05) is 0 Å². The molecule has 0 fully saturated rings. The van der Waals surface area contributed by atoms with Crippen molar-refractivity contribution in [3.05, 3.63) is 58.7 Å². The lowest BCUT2D eigenvalue weighted by Crippen LogP contribution is -2.24. The molecule has 3 aromatic rings. The zero-order valence-corrected chi connectivity index (χ0v) is 9.83. The first-order chi connectivity index (χ1) is 8.75. The molecule has 0 saturated heterocycles. The van der Waals surface area contributed by atoms with Crippen LogP contribution in [0.3, 0.4) is 0 Å². The predicted molar refractivity (Wildman–Crippen MR) is 66.3 cm³/mol. The number of fused-ring (bicyclic) bond motifs is 1. The molecule has 90 valence electrons. The topological polar surface area (TPSA) is 60.9 Å². The van der Waals surface area contributed by atoms with Crippen LogP contribution in [0.5, 0.6) is 0 Å². The van der Waals surface area contributed by atoms with E-state index in [4.69, 9.17) is 4.42 Å². The molecule has 0 aliphatic heterocycles. The van der Waals surface area contributed by atoms with Gasteiger partial charge in [-0.3, -0.25) is 9.36 Å². The van der Waals surface area contributed by atoms with Gasteiger partial charge in [-0.25, -0.2) is 9.97 Å². The predicted octanol–water partition coefficient (Wildman–Crippen LogP) is 1.74. The first-order valence-corrected chi connectivity index (χ1v) is 5.60. The largest absolute Gasteiger partial charge is 0.467 e. The van der Waals surface area contributed by atoms with Crippen molar-refractivity contribution in [2.75, 3.05) is 0 Å². The minimum absolute atomic E-state index is 0.0954. The van der Waals surface area contributed by atoms with Crippen LogP contribution < -0.4 is 5.56 Å². The molecular weight excluding hydrogens is 230 g/mol. The van der Waals surface area contributed by atoms with E-state index in [1.54, 1.807) is 42.1 Å². The van der Waals surface area contributed by atoms with Crippen LogP contribution in [0.1, 0.15) is 11.6 Å². The van der Waals surface area contributed by atoms with E-state index >= 15 is 0 Å². The Hall–Kier alpha value is -2.43. The highest BCUT2D eigenvalue weighted by molar-refractivity contribution is 5.72. The number of hydrogen-bond acceptors (Lipinski definition) is 4. The normalized spacial score (nSPS) is 10.9. The maximum Gasteiger partial charge on any atom is 0.263 e. The maximum absolute atomic E-state index is 12.3. The lowest BCUT2D eigenvalue weighted by molar-refractivity contribution is 0.485. The monoisotopic (exact) mass is 241 g/mol. The minimum Gasteiger partial charge on any atom is -0.467 e. The van der Waals surface area contributed by atoms with Crippen LogP contribution in [0.15, 0.2) is 45.9 Å². The molecule has 0 amide bonds. The zero-order chi connectivity index (χ0) is 12.5. The molecule has 5 heteroatoms. The van der Waals surface area contributed by atoms with E-state index in [2.05, 4.69) is 9.97 Å². The van der Waals surface area contributed by atoms with E-state index in [1.165, 1.54) is 0 Å². The summed E-state index contributed by atoms with van der Waals surface area (Å²) < 4.78 is 6.84. The zero-order valence-electron chi connectivity index (χ0n) is 9.83. The number of aromatic nitrogens is 3. The Balaban J connectivity index is 2.20. The number of hydrogen-bond donors (Lipinski definition) is 0. The van der Waals surface area contributed by atoms with Crippen LogP contribution in [0.2, 0.25) is 0 Å². The van der Waals surface area contributed by atoms with Crippen LogP contribution >= 0.6 is 0 Å². The Morgan fingerprint density at radius 2 is 2.22 bits per heavy atom. The first kappa shape index (κ1) is 10.7. The lowest BCUT2D eigenvalue weighted by atomic mass is 10.3. The Morgan fingerprint density at radius 3 is 3.00 bits per heavy atom. The molecule has 0 aliphatic carbocycles. The number of nitrogens with zero attached hydrogens (tertiary/aromatic N) is 3. The second-order valence-corrected chi connectivity index (χ2v) is 4.00. The molecule has 0 saturated carbocycles. The summed E-state index contributed by atoms with van der Waals surface area (Å²) in [7, 11) is 0. The summed E-state index contributed by atoms with van der Waals surface area (Å²) in [6.07, 6.45) is 3.22. The molecule has 5 nitrogen and oxygen atoms in total. The van der Waals surface area contributed by atoms with Gasteiger partial charge in [0.2, 0.25) is 0 Å². The lowest BCUT2D eigenvalue weighted by Gasteiger charge is -2.08. The summed E-state index contributed by atoms with van der Waals surface area (Å²) in [6, 6.07) is 7.10. The average Bonchev–Trinajstić information content (AvgIpc) is 2.87. The van der Waals surface area contributed by atoms with Gasteiger partial charge >= 0.3 is 0 Å². The van der Waals surface area contributed by atoms with Gasteiger partial charge in [0.25, 0.3) is 5.56 Å². The SMILES string of the molecule is Cc1nc2ncccc2c(=O)n1Cc1ccco1. The molecule has 0 N–H and O–H groups in total. The molecule has 0 spiro atoms. The van der Waals surface area contributed by atoms with E-state index in [1.807, 2.05) is 6.07 Å². The molecule has 3 aromatic heterocycles. The molecule has 3 heterocycles. The standard InChI is InChI=1S/C13H11N3O2/c1-9-15-12-11(5-2-6-14-12)13(17)16(9)8-10-4-3-7-18-10/h2-7H,8H2,1H3. The van der Waals surface area contributed by atoms with E-state index in [-0.39, 0.29) is 5.56 Å². The molecule has 18 heavy (non-hydrogen) atoms. The van der Waals surface area contributed by atoms with Gasteiger partial charge in [0.1, 0.15) is 11.6 Å². The molecule has 3 rings (SSSR count). The van der Waals surface area contributed by atoms with Gasteiger partial charge < -0.3 is 4.42 Å². The van der Waals surface area contributed by atoms with Crippen molar-refractivity contribution in [2.24, 2.45) is 0 Å². The van der Waals surface area contributed by atoms with Crippen molar-refractivity contribution < 1.29 is 4.42 Å². The van der Waals surface area contributed by atoms with Gasteiger partial charge in [-0.05, 0) is 31.2 Å². The number of rotatable bonds is 2. The van der Waals surface area contributed by atoms with Crippen molar-refractivity contribution in [1.82, 2.24) is 14.5 Å². The molecule has 0 radical (unpaired) electrons. The fourth-order valence-corrected chi connectivity index (χ4v) is 1.90. The highest BCUT2D eigenvalue weighted by atomic mass is 16.3. The third-order valence-electron chi connectivity index (χ3n) is 2.81. The first-order valence-electron chi connectivity index (χ1n) is 5.60. The average molecular weight is 241 g/mol. The third-order valence-corrected chi connectivity index (χ3v) is 2.81. The van der Waals surface area contributed by atoms with Crippen LogP contribution in [0, 0.1) is 6.92 Å². The summed E-state index contributed by atoms with van der Waals surface area (Å²) in [6.45, 7) is 2.17. The van der Waals surface area contributed by atoms with Crippen LogP contribution in [0.25, 0.3) is 11.0 Å². The van der Waals surface area contributed by atoms with Crippen molar-refractivity contribution in [2.45, 2.75) is 13.5 Å². The van der Waals surface area contributed by atoms with Gasteiger partial charge in [0.05, 0.1) is 18.2 Å². The Labute approximate surface area is 103 Å². The van der Waals surface area contributed by atoms with Crippen molar-refractivity contribution >= 4 is 11.0 Å². The van der Waals surface area contributed by atoms with Crippen LogP contribution in [-0.4, -0.2) is 14.5 Å². The molecule has 0 aliphatic rings. The second-order valence-electron chi connectivity index (χ2n) is 4.00. The number of aryl methyl sites for hydroxylation is 1. The van der Waals surface area contributed by atoms with Gasteiger partial charge in [0, 0.05) is 6.20 Å². The molecule has 0 atom stereocenters. The quantitative estimate of drug-likeness (QED) is 0.685. The summed E-state index contributed by atoms with van der Waals surface area (Å²) in [5.41, 5.74) is 0.387. The maximum atomic E-state index is 12.3. The van der Waals surface area contributed by atoms with Crippen LogP contribution in [-0.2, 0) is 6.54 Å². The minimum atomic E-state index is -0.0954. The van der Waals surface area contributed by atoms with E-state index < -0.39 is 0 Å². The Kier molecular flexibility index (Phi) is 2.44. The van der Waals surface area contributed by atoms with Gasteiger partial charge in [-0.15, -0.1) is 0 Å². The summed E-state index contributed by atoms with van der Waals surface area (Å²) in [5, 5.41) is 0.523. The Morgan fingerprint density at radius 1 is 1.33 bits per heavy atom.